The maximum absolute atomic E-state index is 11.7. The Morgan fingerprint density at radius 3 is 2.58 bits per heavy atom. The average Bonchev–Trinajstić information content (AvgIpc) is 2.57. The van der Waals surface area contributed by atoms with Crippen LogP contribution in [0.3, 0.4) is 0 Å². The zero-order valence-electron chi connectivity index (χ0n) is 14.9. The molecule has 1 aromatic carbocycles. The minimum absolute atomic E-state index is 0.0661. The van der Waals surface area contributed by atoms with Gasteiger partial charge in [0.05, 0.1) is 12.8 Å². The van der Waals surface area contributed by atoms with E-state index in [9.17, 15) is 9.90 Å². The molecule has 1 rings (SSSR count). The van der Waals surface area contributed by atoms with Crippen molar-refractivity contribution in [2.24, 2.45) is 5.10 Å². The molecule has 0 aromatic heterocycles. The third-order valence-electron chi connectivity index (χ3n) is 3.69. The van der Waals surface area contributed by atoms with Crippen LogP contribution in [0.5, 0.6) is 11.5 Å². The molecule has 24 heavy (non-hydrogen) atoms. The van der Waals surface area contributed by atoms with Crippen molar-refractivity contribution < 1.29 is 14.6 Å². The van der Waals surface area contributed by atoms with Crippen molar-refractivity contribution in [1.29, 1.82) is 0 Å². The summed E-state index contributed by atoms with van der Waals surface area (Å²) in [6, 6.07) is 4.95. The van der Waals surface area contributed by atoms with Gasteiger partial charge in [0.1, 0.15) is 0 Å². The molecule has 2 N–H and O–H groups in total. The number of ether oxygens (including phenoxy) is 1. The molecule has 0 saturated heterocycles. The van der Waals surface area contributed by atoms with Crippen LogP contribution in [0, 0.1) is 0 Å². The number of hydrogen-bond donors (Lipinski definition) is 2. The van der Waals surface area contributed by atoms with Crippen molar-refractivity contribution in [2.75, 3.05) is 6.61 Å². The maximum atomic E-state index is 11.7. The summed E-state index contributed by atoms with van der Waals surface area (Å²) in [7, 11) is 0. The smallest absolute Gasteiger partial charge is 0.240 e. The predicted octanol–water partition coefficient (Wildman–Crippen LogP) is 4.38. The van der Waals surface area contributed by atoms with E-state index in [1.807, 2.05) is 6.92 Å². The Morgan fingerprint density at radius 2 is 1.88 bits per heavy atom. The molecule has 1 aromatic rings. The number of amides is 1. The molecule has 0 bridgehead atoms. The summed E-state index contributed by atoms with van der Waals surface area (Å²) >= 11 is 0. The third-order valence-corrected chi connectivity index (χ3v) is 3.69. The zero-order chi connectivity index (χ0) is 17.6. The summed E-state index contributed by atoms with van der Waals surface area (Å²) in [5.74, 6) is 0.441. The van der Waals surface area contributed by atoms with E-state index in [4.69, 9.17) is 4.74 Å². The molecule has 0 saturated carbocycles. The van der Waals surface area contributed by atoms with Gasteiger partial charge >= 0.3 is 0 Å². The number of hydrogen-bond acceptors (Lipinski definition) is 4. The number of hydrazone groups is 1. The normalized spacial score (nSPS) is 10.9. The second kappa shape index (κ2) is 12.4. The maximum Gasteiger partial charge on any atom is 0.240 e. The topological polar surface area (TPSA) is 70.9 Å². The molecule has 0 aliphatic carbocycles. The molecular formula is C19H30N2O3. The molecule has 0 spiro atoms. The van der Waals surface area contributed by atoms with E-state index in [1.165, 1.54) is 32.1 Å². The molecule has 1 amide bonds. The first-order valence-corrected chi connectivity index (χ1v) is 8.95. The van der Waals surface area contributed by atoms with Gasteiger partial charge in [0, 0.05) is 6.42 Å². The Bertz CT molecular complexity index is 515. The molecule has 0 fully saturated rings. The van der Waals surface area contributed by atoms with Gasteiger partial charge in [-0.1, -0.05) is 45.4 Å². The lowest BCUT2D eigenvalue weighted by atomic mass is 10.1. The number of nitrogens with one attached hydrogen (secondary N) is 1. The molecular weight excluding hydrogens is 304 g/mol. The highest BCUT2D eigenvalue weighted by Gasteiger charge is 2.03. The van der Waals surface area contributed by atoms with Crippen molar-refractivity contribution in [2.45, 2.75) is 65.2 Å². The summed E-state index contributed by atoms with van der Waals surface area (Å²) in [5, 5.41) is 13.6. The van der Waals surface area contributed by atoms with E-state index in [0.29, 0.717) is 18.8 Å². The molecule has 0 aliphatic rings. The standard InChI is InChI=1S/C19H30N2O3/c1-3-5-6-7-8-9-10-11-19(23)21-20-15-16-12-13-17(22)18(14-16)24-4-2/h12-15,22H,3-11H2,1-2H3,(H,21,23)/b20-15+. The minimum Gasteiger partial charge on any atom is -0.504 e. The zero-order valence-corrected chi connectivity index (χ0v) is 14.9. The van der Waals surface area contributed by atoms with Gasteiger partial charge < -0.3 is 9.84 Å². The number of nitrogens with zero attached hydrogens (tertiary/aromatic N) is 1. The Balaban J connectivity index is 2.24. The second-order valence-corrected chi connectivity index (χ2v) is 5.82. The van der Waals surface area contributed by atoms with E-state index >= 15 is 0 Å². The number of carbonyl (C=O) groups is 1. The summed E-state index contributed by atoms with van der Waals surface area (Å²) in [6.45, 7) is 4.54. The van der Waals surface area contributed by atoms with E-state index in [2.05, 4.69) is 17.5 Å². The quantitative estimate of drug-likeness (QED) is 0.338. The van der Waals surface area contributed by atoms with Gasteiger partial charge in [0.2, 0.25) is 5.91 Å². The number of aromatic hydroxyl groups is 1. The highest BCUT2D eigenvalue weighted by atomic mass is 16.5. The number of benzene rings is 1. The van der Waals surface area contributed by atoms with Crippen molar-refractivity contribution >= 4 is 12.1 Å². The first kappa shape index (κ1) is 20.0. The van der Waals surface area contributed by atoms with Gasteiger partial charge in [-0.25, -0.2) is 5.43 Å². The first-order chi connectivity index (χ1) is 11.7. The molecule has 0 atom stereocenters. The van der Waals surface area contributed by atoms with Crippen LogP contribution < -0.4 is 10.2 Å². The SMILES string of the molecule is CCCCCCCCCC(=O)N/N=C/c1ccc(O)c(OCC)c1. The monoisotopic (exact) mass is 334 g/mol. The van der Waals surface area contributed by atoms with Gasteiger partial charge in [0.15, 0.2) is 11.5 Å². The van der Waals surface area contributed by atoms with Crippen LogP contribution in [0.4, 0.5) is 0 Å². The number of carbonyl (C=O) groups excluding carboxylic acids is 1. The van der Waals surface area contributed by atoms with E-state index in [0.717, 1.165) is 18.4 Å². The molecule has 0 unspecified atom stereocenters. The van der Waals surface area contributed by atoms with Gasteiger partial charge in [-0.05, 0) is 37.1 Å². The second-order valence-electron chi connectivity index (χ2n) is 5.82. The van der Waals surface area contributed by atoms with Gasteiger partial charge in [-0.15, -0.1) is 0 Å². The average molecular weight is 334 g/mol. The van der Waals surface area contributed by atoms with Gasteiger partial charge in [0.25, 0.3) is 0 Å². The van der Waals surface area contributed by atoms with E-state index in [1.54, 1.807) is 24.4 Å². The molecule has 5 heteroatoms. The van der Waals surface area contributed by atoms with Crippen molar-refractivity contribution in [3.8, 4) is 11.5 Å². The van der Waals surface area contributed by atoms with Crippen LogP contribution >= 0.6 is 0 Å². The lowest BCUT2D eigenvalue weighted by Crippen LogP contribution is -2.16. The van der Waals surface area contributed by atoms with Crippen LogP contribution in [0.2, 0.25) is 0 Å². The molecule has 0 aliphatic heterocycles. The van der Waals surface area contributed by atoms with Gasteiger partial charge in [-0.3, -0.25) is 4.79 Å². The first-order valence-electron chi connectivity index (χ1n) is 8.95. The van der Waals surface area contributed by atoms with Crippen LogP contribution in [0.25, 0.3) is 0 Å². The fourth-order valence-electron chi connectivity index (χ4n) is 2.36. The fraction of sp³-hybridized carbons (Fsp3) is 0.579. The predicted molar refractivity (Wildman–Crippen MR) is 97.6 cm³/mol. The molecule has 0 heterocycles. The largest absolute Gasteiger partial charge is 0.504 e. The van der Waals surface area contributed by atoms with Crippen molar-refractivity contribution in [3.63, 3.8) is 0 Å². The third kappa shape index (κ3) is 8.56. The summed E-state index contributed by atoms with van der Waals surface area (Å²) in [4.78, 5) is 11.7. The van der Waals surface area contributed by atoms with Crippen LogP contribution in [-0.2, 0) is 4.79 Å². The Labute approximate surface area is 145 Å². The van der Waals surface area contributed by atoms with Crippen LogP contribution in [0.1, 0.15) is 70.8 Å². The number of phenols is 1. The molecule has 134 valence electrons. The Hall–Kier alpha value is -2.04. The Morgan fingerprint density at radius 1 is 1.17 bits per heavy atom. The number of rotatable bonds is 12. The van der Waals surface area contributed by atoms with Crippen molar-refractivity contribution in [3.05, 3.63) is 23.8 Å². The number of phenolic OH excluding ortho intramolecular Hbond substituents is 1. The van der Waals surface area contributed by atoms with E-state index in [-0.39, 0.29) is 11.7 Å². The fourth-order valence-corrected chi connectivity index (χ4v) is 2.36. The van der Waals surface area contributed by atoms with Gasteiger partial charge in [-0.2, -0.15) is 5.10 Å². The van der Waals surface area contributed by atoms with Crippen LogP contribution in [-0.4, -0.2) is 23.8 Å². The summed E-state index contributed by atoms with van der Waals surface area (Å²) < 4.78 is 5.31. The highest BCUT2D eigenvalue weighted by molar-refractivity contribution is 5.83. The van der Waals surface area contributed by atoms with Crippen LogP contribution in [0.15, 0.2) is 23.3 Å². The minimum atomic E-state index is -0.0661. The Kier molecular flexibility index (Phi) is 10.3. The van der Waals surface area contributed by atoms with Crippen molar-refractivity contribution in [1.82, 2.24) is 5.43 Å². The summed E-state index contributed by atoms with van der Waals surface area (Å²) in [6.07, 6.45) is 10.4. The number of unbranched alkanes of at least 4 members (excludes halogenated alkanes) is 6. The van der Waals surface area contributed by atoms with E-state index < -0.39 is 0 Å². The lowest BCUT2D eigenvalue weighted by Gasteiger charge is -2.06. The highest BCUT2D eigenvalue weighted by Crippen LogP contribution is 2.26. The molecule has 5 nitrogen and oxygen atoms in total. The summed E-state index contributed by atoms with van der Waals surface area (Å²) in [5.41, 5.74) is 3.29. The lowest BCUT2D eigenvalue weighted by molar-refractivity contribution is -0.121. The molecule has 0 radical (unpaired) electrons.